The minimum atomic E-state index is -0.518. The maximum atomic E-state index is 12.7. The number of nitrogens with zero attached hydrogens (tertiary/aromatic N) is 2. The zero-order valence-electron chi connectivity index (χ0n) is 22.5. The van der Waals surface area contributed by atoms with E-state index in [-0.39, 0.29) is 42.7 Å². The van der Waals surface area contributed by atoms with Gasteiger partial charge in [0.2, 0.25) is 5.91 Å². The molecule has 3 atom stereocenters. The molecule has 12 heteroatoms. The summed E-state index contributed by atoms with van der Waals surface area (Å²) in [6.45, 7) is 4.07. The van der Waals surface area contributed by atoms with Gasteiger partial charge in [-0.3, -0.25) is 14.6 Å². The molecule has 1 saturated heterocycles. The summed E-state index contributed by atoms with van der Waals surface area (Å²) >= 11 is 6.18. The van der Waals surface area contributed by atoms with Crippen LogP contribution in [0.25, 0.3) is 0 Å². The third kappa shape index (κ3) is 6.07. The largest absolute Gasteiger partial charge is 0.504 e. The van der Waals surface area contributed by atoms with Crippen LogP contribution < -0.4 is 31.1 Å². The van der Waals surface area contributed by atoms with E-state index in [0.717, 1.165) is 16.8 Å². The summed E-state index contributed by atoms with van der Waals surface area (Å²) in [6, 6.07) is 16.7. The quantitative estimate of drug-likeness (QED) is 0.223. The Balaban J connectivity index is 1.48. The smallest absolute Gasteiger partial charge is 0.262 e. The Kier molecular flexibility index (Phi) is 8.29. The molecular weight excluding hydrogens is 548 g/mol. The molecular formula is C29H31ClN6O5. The third-order valence-corrected chi connectivity index (χ3v) is 7.11. The molecule has 6 N–H and O–H groups in total. The molecule has 2 unspecified atom stereocenters. The van der Waals surface area contributed by atoms with Gasteiger partial charge in [0.15, 0.2) is 18.1 Å². The number of carbonyl (C=O) groups excluding carboxylic acids is 2. The number of ether oxygens (including phenoxy) is 1. The van der Waals surface area contributed by atoms with Crippen molar-refractivity contribution in [3.05, 3.63) is 76.8 Å². The lowest BCUT2D eigenvalue weighted by molar-refractivity contribution is -0.121. The van der Waals surface area contributed by atoms with Crippen LogP contribution in [-0.4, -0.2) is 59.3 Å². The van der Waals surface area contributed by atoms with E-state index in [9.17, 15) is 19.8 Å². The lowest BCUT2D eigenvalue weighted by atomic mass is 9.99. The Bertz CT molecular complexity index is 1480. The van der Waals surface area contributed by atoms with Gasteiger partial charge in [-0.05, 0) is 56.3 Å². The van der Waals surface area contributed by atoms with Gasteiger partial charge in [-0.25, -0.2) is 10.9 Å². The van der Waals surface area contributed by atoms with Crippen LogP contribution in [0, 0.1) is 0 Å². The second-order valence-electron chi connectivity index (χ2n) is 9.72. The first-order chi connectivity index (χ1) is 19.7. The van der Waals surface area contributed by atoms with E-state index in [1.807, 2.05) is 38.1 Å². The maximum Gasteiger partial charge on any atom is 0.262 e. The number of hydrazine groups is 1. The Hall–Kier alpha value is -4.32. The average Bonchev–Trinajstić information content (AvgIpc) is 3.27. The molecule has 0 aromatic heterocycles. The highest BCUT2D eigenvalue weighted by molar-refractivity contribution is 6.30. The van der Waals surface area contributed by atoms with Gasteiger partial charge in [-0.2, -0.15) is 0 Å². The van der Waals surface area contributed by atoms with Crippen molar-refractivity contribution >= 4 is 40.5 Å². The summed E-state index contributed by atoms with van der Waals surface area (Å²) in [5, 5.41) is 25.6. The number of aromatic hydroxyl groups is 2. The van der Waals surface area contributed by atoms with Crippen LogP contribution in [0.5, 0.6) is 17.2 Å². The van der Waals surface area contributed by atoms with Crippen molar-refractivity contribution in [2.75, 3.05) is 23.4 Å². The molecule has 3 aromatic carbocycles. The van der Waals surface area contributed by atoms with E-state index in [1.165, 1.54) is 18.2 Å². The van der Waals surface area contributed by atoms with Gasteiger partial charge in [0.25, 0.3) is 5.91 Å². The molecule has 3 aromatic rings. The van der Waals surface area contributed by atoms with Crippen molar-refractivity contribution in [2.24, 2.45) is 4.99 Å². The van der Waals surface area contributed by atoms with E-state index >= 15 is 0 Å². The molecule has 0 bridgehead atoms. The number of amides is 2. The molecule has 1 fully saturated rings. The van der Waals surface area contributed by atoms with Crippen LogP contribution in [0.1, 0.15) is 31.4 Å². The number of anilines is 2. The first kappa shape index (κ1) is 28.2. The van der Waals surface area contributed by atoms with Crippen molar-refractivity contribution in [1.82, 2.24) is 16.2 Å². The first-order valence-corrected chi connectivity index (χ1v) is 13.6. The predicted octanol–water partition coefficient (Wildman–Crippen LogP) is 3.10. The Morgan fingerprint density at radius 1 is 1.07 bits per heavy atom. The lowest BCUT2D eigenvalue weighted by Gasteiger charge is -2.31. The monoisotopic (exact) mass is 578 g/mol. The number of phenolic OH excluding ortho intramolecular Hbond substituents is 2. The van der Waals surface area contributed by atoms with Crippen molar-refractivity contribution in [2.45, 2.75) is 38.6 Å². The average molecular weight is 579 g/mol. The van der Waals surface area contributed by atoms with E-state index in [4.69, 9.17) is 21.3 Å². The molecule has 2 aliphatic heterocycles. The summed E-state index contributed by atoms with van der Waals surface area (Å²) in [4.78, 5) is 32.5. The summed E-state index contributed by atoms with van der Waals surface area (Å²) in [5.41, 5.74) is 9.73. The summed E-state index contributed by atoms with van der Waals surface area (Å²) in [5.74, 6) is -0.958. The first-order valence-electron chi connectivity index (χ1n) is 13.2. The zero-order valence-corrected chi connectivity index (χ0v) is 23.3. The number of para-hydroxylation sites is 1. The highest BCUT2D eigenvalue weighted by Gasteiger charge is 2.40. The van der Waals surface area contributed by atoms with Crippen molar-refractivity contribution in [3.8, 4) is 17.2 Å². The normalized spacial score (nSPS) is 19.4. The molecule has 0 spiro atoms. The second kappa shape index (κ2) is 12.0. The van der Waals surface area contributed by atoms with E-state index in [2.05, 4.69) is 26.4 Å². The third-order valence-electron chi connectivity index (χ3n) is 6.86. The molecule has 0 saturated carbocycles. The Morgan fingerprint density at radius 3 is 2.61 bits per heavy atom. The number of aliphatic imine (C=N–C) groups is 1. The number of carbonyl (C=O) groups is 2. The van der Waals surface area contributed by atoms with Gasteiger partial charge < -0.3 is 30.5 Å². The molecule has 0 aliphatic carbocycles. The van der Waals surface area contributed by atoms with Gasteiger partial charge in [0, 0.05) is 28.4 Å². The van der Waals surface area contributed by atoms with Crippen LogP contribution in [0.4, 0.5) is 11.4 Å². The van der Waals surface area contributed by atoms with Gasteiger partial charge in [0.05, 0.1) is 30.0 Å². The molecule has 5 rings (SSSR count). The van der Waals surface area contributed by atoms with E-state index < -0.39 is 17.7 Å². The zero-order chi connectivity index (χ0) is 29.1. The van der Waals surface area contributed by atoms with Crippen LogP contribution in [-0.2, 0) is 9.59 Å². The molecule has 11 nitrogen and oxygen atoms in total. The number of nitrogens with one attached hydrogen (secondary N) is 4. The van der Waals surface area contributed by atoms with Gasteiger partial charge in [-0.15, -0.1) is 0 Å². The maximum absolute atomic E-state index is 12.7. The number of phenols is 2. The highest BCUT2D eigenvalue weighted by Crippen LogP contribution is 2.36. The summed E-state index contributed by atoms with van der Waals surface area (Å²) < 4.78 is 5.84. The molecule has 2 amide bonds. The highest BCUT2D eigenvalue weighted by atomic mass is 35.5. The molecule has 41 heavy (non-hydrogen) atoms. The minimum absolute atomic E-state index is 0.0740. The van der Waals surface area contributed by atoms with Crippen LogP contribution in [0.3, 0.4) is 0 Å². The summed E-state index contributed by atoms with van der Waals surface area (Å²) in [6.07, 6.45) is -0.237. The van der Waals surface area contributed by atoms with Crippen molar-refractivity contribution in [3.63, 3.8) is 0 Å². The van der Waals surface area contributed by atoms with Crippen LogP contribution in [0.15, 0.2) is 65.7 Å². The van der Waals surface area contributed by atoms with Gasteiger partial charge in [0.1, 0.15) is 11.9 Å². The molecule has 0 radical (unpaired) electrons. The fraction of sp³-hybridized carbons (Fsp3) is 0.276. The summed E-state index contributed by atoms with van der Waals surface area (Å²) in [7, 11) is 0. The fourth-order valence-corrected chi connectivity index (χ4v) is 5.10. The molecule has 2 aliphatic rings. The second-order valence-corrected chi connectivity index (χ2v) is 10.2. The van der Waals surface area contributed by atoms with E-state index in [1.54, 1.807) is 18.2 Å². The predicted molar refractivity (Wildman–Crippen MR) is 157 cm³/mol. The standard InChI is InChI=1S/C29H31ClN6O5/c1-3-31-25(38)14-22-29-35-34-16(2)36(29)23-12-11-19(13-20(23)27(33-22)17-7-9-18(30)10-8-17)41-15-26(39)32-21-5-4-6-24(37)28(21)40/h4-13,16,22,29,34-35,37,40H,3,14-15H2,1-2H3,(H,31,38)(H,32,39)/t16?,22-,29?/m0/s1. The number of hydrogen-bond acceptors (Lipinski definition) is 9. The Morgan fingerprint density at radius 2 is 1.85 bits per heavy atom. The number of hydrogen-bond donors (Lipinski definition) is 6. The fourth-order valence-electron chi connectivity index (χ4n) is 4.97. The SMILES string of the molecule is CCNC(=O)C[C@@H]1N=C(c2ccc(Cl)cc2)c2cc(OCC(=O)Nc3cccc(O)c3O)ccc2N2C(C)NNC12. The number of fused-ring (bicyclic) bond motifs is 3. The van der Waals surface area contributed by atoms with E-state index in [0.29, 0.717) is 23.0 Å². The minimum Gasteiger partial charge on any atom is -0.504 e. The van der Waals surface area contributed by atoms with Gasteiger partial charge in [-0.1, -0.05) is 29.8 Å². The van der Waals surface area contributed by atoms with Gasteiger partial charge >= 0.3 is 0 Å². The number of rotatable bonds is 8. The molecule has 2 heterocycles. The lowest BCUT2D eigenvalue weighted by Crippen LogP contribution is -2.47. The topological polar surface area (TPSA) is 148 Å². The molecule has 214 valence electrons. The van der Waals surface area contributed by atoms with Crippen molar-refractivity contribution < 1.29 is 24.5 Å². The Labute approximate surface area is 242 Å². The van der Waals surface area contributed by atoms with Crippen LogP contribution >= 0.6 is 11.6 Å². The number of halogens is 1. The van der Waals surface area contributed by atoms with Crippen molar-refractivity contribution in [1.29, 1.82) is 0 Å². The number of benzene rings is 3. The van der Waals surface area contributed by atoms with Crippen LogP contribution in [0.2, 0.25) is 5.02 Å².